The summed E-state index contributed by atoms with van der Waals surface area (Å²) in [6.45, 7) is 0.601. The molecule has 1 fully saturated rings. The fourth-order valence-electron chi connectivity index (χ4n) is 1.89. The van der Waals surface area contributed by atoms with Crippen molar-refractivity contribution in [1.29, 1.82) is 0 Å². The molecule has 0 atom stereocenters. The van der Waals surface area contributed by atoms with Crippen molar-refractivity contribution in [1.82, 2.24) is 4.31 Å². The number of sulfonamides is 1. The standard InChI is InChI=1S/C8H16BrNO2S/c1-13(11,12)10(7-6-9)8-4-2-3-5-8/h8H,2-7H2,1H3. The van der Waals surface area contributed by atoms with Gasteiger partial charge in [-0.15, -0.1) is 0 Å². The maximum atomic E-state index is 11.4. The number of nitrogens with zero attached hydrogens (tertiary/aromatic N) is 1. The highest BCUT2D eigenvalue weighted by Crippen LogP contribution is 2.25. The summed E-state index contributed by atoms with van der Waals surface area (Å²) in [7, 11) is -3.01. The van der Waals surface area contributed by atoms with Crippen molar-refractivity contribution in [2.24, 2.45) is 0 Å². The molecule has 5 heteroatoms. The van der Waals surface area contributed by atoms with Gasteiger partial charge in [0.25, 0.3) is 0 Å². The quantitative estimate of drug-likeness (QED) is 0.727. The molecule has 1 saturated carbocycles. The van der Waals surface area contributed by atoms with Crippen LogP contribution in [0.2, 0.25) is 0 Å². The van der Waals surface area contributed by atoms with Crippen LogP contribution in [0.15, 0.2) is 0 Å². The van der Waals surface area contributed by atoms with Crippen LogP contribution >= 0.6 is 15.9 Å². The molecule has 0 aromatic rings. The average molecular weight is 270 g/mol. The van der Waals surface area contributed by atoms with E-state index in [1.165, 1.54) is 19.1 Å². The Morgan fingerprint density at radius 1 is 1.38 bits per heavy atom. The molecule has 0 aliphatic heterocycles. The van der Waals surface area contributed by atoms with Gasteiger partial charge in [0, 0.05) is 17.9 Å². The molecule has 0 unspecified atom stereocenters. The molecule has 0 N–H and O–H groups in total. The molecule has 0 spiro atoms. The van der Waals surface area contributed by atoms with Crippen molar-refractivity contribution in [2.45, 2.75) is 31.7 Å². The molecule has 78 valence electrons. The van der Waals surface area contributed by atoms with E-state index in [0.717, 1.165) is 18.2 Å². The molecule has 1 aliphatic carbocycles. The Morgan fingerprint density at radius 3 is 2.31 bits per heavy atom. The van der Waals surface area contributed by atoms with E-state index < -0.39 is 10.0 Å². The van der Waals surface area contributed by atoms with Gasteiger partial charge in [0.05, 0.1) is 6.26 Å². The first-order chi connectivity index (χ1) is 6.05. The second kappa shape index (κ2) is 4.75. The average Bonchev–Trinajstić information content (AvgIpc) is 2.49. The van der Waals surface area contributed by atoms with Gasteiger partial charge in [0.2, 0.25) is 10.0 Å². The van der Waals surface area contributed by atoms with Gasteiger partial charge in [0.1, 0.15) is 0 Å². The molecular formula is C8H16BrNO2S. The smallest absolute Gasteiger partial charge is 0.211 e. The van der Waals surface area contributed by atoms with Gasteiger partial charge >= 0.3 is 0 Å². The molecule has 0 saturated heterocycles. The van der Waals surface area contributed by atoms with Crippen LogP contribution in [0.1, 0.15) is 25.7 Å². The Kier molecular flexibility index (Phi) is 4.19. The Morgan fingerprint density at radius 2 is 1.92 bits per heavy atom. The highest BCUT2D eigenvalue weighted by Gasteiger charge is 2.28. The first-order valence-corrected chi connectivity index (χ1v) is 7.55. The van der Waals surface area contributed by atoms with Crippen LogP contribution in [-0.4, -0.2) is 36.9 Å². The first kappa shape index (κ1) is 11.5. The SMILES string of the molecule is CS(=O)(=O)N(CCBr)C1CCCC1. The molecule has 0 radical (unpaired) electrons. The van der Waals surface area contributed by atoms with E-state index >= 15 is 0 Å². The van der Waals surface area contributed by atoms with Crippen LogP contribution in [0, 0.1) is 0 Å². The second-order valence-corrected chi connectivity index (χ2v) is 6.23. The highest BCUT2D eigenvalue weighted by atomic mass is 79.9. The lowest BCUT2D eigenvalue weighted by molar-refractivity contribution is 0.340. The zero-order valence-electron chi connectivity index (χ0n) is 7.87. The number of rotatable bonds is 4. The van der Waals surface area contributed by atoms with Crippen LogP contribution in [0.5, 0.6) is 0 Å². The number of hydrogen-bond acceptors (Lipinski definition) is 2. The number of halogens is 1. The molecule has 1 aliphatic rings. The summed E-state index contributed by atoms with van der Waals surface area (Å²) in [5.41, 5.74) is 0. The van der Waals surface area contributed by atoms with Gasteiger partial charge in [0.15, 0.2) is 0 Å². The van der Waals surface area contributed by atoms with Gasteiger partial charge in [-0.3, -0.25) is 0 Å². The van der Waals surface area contributed by atoms with E-state index in [1.54, 1.807) is 4.31 Å². The van der Waals surface area contributed by atoms with Gasteiger partial charge < -0.3 is 0 Å². The molecule has 1 rings (SSSR count). The predicted octanol–water partition coefficient (Wildman–Crippen LogP) is 1.59. The van der Waals surface area contributed by atoms with Crippen LogP contribution in [-0.2, 0) is 10.0 Å². The maximum Gasteiger partial charge on any atom is 0.211 e. The molecule has 0 heterocycles. The zero-order chi connectivity index (χ0) is 9.90. The minimum Gasteiger partial charge on any atom is -0.212 e. The van der Waals surface area contributed by atoms with Crippen LogP contribution < -0.4 is 0 Å². The molecule has 0 aromatic carbocycles. The van der Waals surface area contributed by atoms with Gasteiger partial charge in [-0.2, -0.15) is 4.31 Å². The largest absolute Gasteiger partial charge is 0.212 e. The summed E-state index contributed by atoms with van der Waals surface area (Å²) in [5, 5.41) is 0.719. The summed E-state index contributed by atoms with van der Waals surface area (Å²) in [6.07, 6.45) is 5.69. The Labute approximate surface area is 88.7 Å². The highest BCUT2D eigenvalue weighted by molar-refractivity contribution is 9.09. The first-order valence-electron chi connectivity index (χ1n) is 4.58. The van der Waals surface area contributed by atoms with Crippen LogP contribution in [0.3, 0.4) is 0 Å². The third-order valence-electron chi connectivity index (χ3n) is 2.46. The number of alkyl halides is 1. The van der Waals surface area contributed by atoms with E-state index in [2.05, 4.69) is 15.9 Å². The lowest BCUT2D eigenvalue weighted by Gasteiger charge is -2.25. The van der Waals surface area contributed by atoms with Crippen molar-refractivity contribution < 1.29 is 8.42 Å². The molecular weight excluding hydrogens is 254 g/mol. The topological polar surface area (TPSA) is 37.4 Å². The fraction of sp³-hybridized carbons (Fsp3) is 1.00. The van der Waals surface area contributed by atoms with E-state index in [4.69, 9.17) is 0 Å². The summed E-state index contributed by atoms with van der Waals surface area (Å²) >= 11 is 3.28. The van der Waals surface area contributed by atoms with Crippen molar-refractivity contribution in [3.63, 3.8) is 0 Å². The van der Waals surface area contributed by atoms with Gasteiger partial charge in [-0.05, 0) is 12.8 Å². The molecule has 0 aromatic heterocycles. The Balaban J connectivity index is 2.66. The Bertz CT molecular complexity index is 247. The molecule has 0 amide bonds. The summed E-state index contributed by atoms with van der Waals surface area (Å²) in [5.74, 6) is 0. The van der Waals surface area contributed by atoms with Crippen molar-refractivity contribution in [2.75, 3.05) is 18.1 Å². The maximum absolute atomic E-state index is 11.4. The molecule has 0 bridgehead atoms. The van der Waals surface area contributed by atoms with Gasteiger partial charge in [-0.1, -0.05) is 28.8 Å². The number of hydrogen-bond donors (Lipinski definition) is 0. The lowest BCUT2D eigenvalue weighted by atomic mass is 10.2. The van der Waals surface area contributed by atoms with E-state index in [0.29, 0.717) is 6.54 Å². The van der Waals surface area contributed by atoms with Crippen molar-refractivity contribution in [3.8, 4) is 0 Å². The van der Waals surface area contributed by atoms with Crippen molar-refractivity contribution >= 4 is 26.0 Å². The summed E-state index contributed by atoms with van der Waals surface area (Å²) in [6, 6.07) is 0.257. The van der Waals surface area contributed by atoms with E-state index in [1.807, 2.05) is 0 Å². The van der Waals surface area contributed by atoms with E-state index in [-0.39, 0.29) is 6.04 Å². The zero-order valence-corrected chi connectivity index (χ0v) is 10.3. The molecule has 3 nitrogen and oxygen atoms in total. The van der Waals surface area contributed by atoms with Crippen molar-refractivity contribution in [3.05, 3.63) is 0 Å². The minimum absolute atomic E-state index is 0.257. The second-order valence-electron chi connectivity index (χ2n) is 3.50. The third kappa shape index (κ3) is 3.22. The normalized spacial score (nSPS) is 19.9. The summed E-state index contributed by atoms with van der Waals surface area (Å²) < 4.78 is 24.5. The third-order valence-corrected chi connectivity index (χ3v) is 4.15. The predicted molar refractivity (Wildman–Crippen MR) is 57.6 cm³/mol. The minimum atomic E-state index is -3.01. The monoisotopic (exact) mass is 269 g/mol. The van der Waals surface area contributed by atoms with Gasteiger partial charge in [-0.25, -0.2) is 8.42 Å². The van der Waals surface area contributed by atoms with Crippen LogP contribution in [0.4, 0.5) is 0 Å². The van der Waals surface area contributed by atoms with E-state index in [9.17, 15) is 8.42 Å². The lowest BCUT2D eigenvalue weighted by Crippen LogP contribution is -2.39. The summed E-state index contributed by atoms with van der Waals surface area (Å²) in [4.78, 5) is 0. The molecule has 13 heavy (non-hydrogen) atoms. The Hall–Kier alpha value is 0.390. The fourth-order valence-corrected chi connectivity index (χ4v) is 3.69. The van der Waals surface area contributed by atoms with Crippen LogP contribution in [0.25, 0.3) is 0 Å².